The van der Waals surface area contributed by atoms with E-state index in [0.29, 0.717) is 6.10 Å². The van der Waals surface area contributed by atoms with Crippen molar-refractivity contribution >= 4 is 28.9 Å². The average molecular weight is 354 g/mol. The molecule has 1 aromatic rings. The molecule has 0 bridgehead atoms. The lowest BCUT2D eigenvalue weighted by Gasteiger charge is -2.36. The first-order valence-electron chi connectivity index (χ1n) is 8.32. The van der Waals surface area contributed by atoms with Gasteiger partial charge >= 0.3 is 0 Å². The SMILES string of the molecule is S=C(NC[C@H]1CCCO1)N1CCN(Cc2ccccc2Cl)CC1. The van der Waals surface area contributed by atoms with Gasteiger partial charge in [-0.2, -0.15) is 0 Å². The molecule has 2 saturated heterocycles. The Kier molecular flexibility index (Phi) is 6.11. The first kappa shape index (κ1) is 17.0. The molecule has 0 aliphatic carbocycles. The van der Waals surface area contributed by atoms with E-state index in [4.69, 9.17) is 28.6 Å². The van der Waals surface area contributed by atoms with Gasteiger partial charge in [-0.25, -0.2) is 0 Å². The number of halogens is 1. The van der Waals surface area contributed by atoms with Crippen molar-refractivity contribution in [1.29, 1.82) is 0 Å². The predicted molar refractivity (Wildman–Crippen MR) is 97.9 cm³/mol. The zero-order chi connectivity index (χ0) is 16.1. The number of nitrogens with one attached hydrogen (secondary N) is 1. The Morgan fingerprint density at radius 1 is 1.26 bits per heavy atom. The van der Waals surface area contributed by atoms with Gasteiger partial charge in [-0.05, 0) is 36.7 Å². The number of hydrogen-bond donors (Lipinski definition) is 1. The Bertz CT molecular complexity index is 528. The zero-order valence-electron chi connectivity index (χ0n) is 13.3. The maximum absolute atomic E-state index is 6.25. The van der Waals surface area contributed by atoms with E-state index in [9.17, 15) is 0 Å². The molecular weight excluding hydrogens is 330 g/mol. The molecule has 23 heavy (non-hydrogen) atoms. The molecule has 0 amide bonds. The smallest absolute Gasteiger partial charge is 0.169 e. The highest BCUT2D eigenvalue weighted by atomic mass is 35.5. The quantitative estimate of drug-likeness (QED) is 0.840. The van der Waals surface area contributed by atoms with Crippen molar-refractivity contribution < 1.29 is 4.74 Å². The van der Waals surface area contributed by atoms with Crippen LogP contribution in [0.25, 0.3) is 0 Å². The second-order valence-corrected chi connectivity index (χ2v) is 6.97. The summed E-state index contributed by atoms with van der Waals surface area (Å²) in [7, 11) is 0. The second kappa shape index (κ2) is 8.29. The van der Waals surface area contributed by atoms with Crippen molar-refractivity contribution in [3.63, 3.8) is 0 Å². The Morgan fingerprint density at radius 2 is 2.04 bits per heavy atom. The Hall–Kier alpha value is -0.880. The molecule has 2 fully saturated rings. The van der Waals surface area contributed by atoms with Crippen molar-refractivity contribution in [2.24, 2.45) is 0 Å². The first-order valence-corrected chi connectivity index (χ1v) is 9.11. The maximum Gasteiger partial charge on any atom is 0.169 e. The van der Waals surface area contributed by atoms with E-state index in [0.717, 1.165) is 62.4 Å². The molecule has 2 aliphatic heterocycles. The van der Waals surface area contributed by atoms with E-state index in [2.05, 4.69) is 21.2 Å². The van der Waals surface area contributed by atoms with Gasteiger partial charge in [0, 0.05) is 50.9 Å². The molecule has 0 spiro atoms. The van der Waals surface area contributed by atoms with Gasteiger partial charge in [0.2, 0.25) is 0 Å². The number of rotatable bonds is 4. The molecule has 1 aromatic carbocycles. The summed E-state index contributed by atoms with van der Waals surface area (Å²) < 4.78 is 5.62. The molecular formula is C17H24ClN3OS. The second-order valence-electron chi connectivity index (χ2n) is 6.18. The van der Waals surface area contributed by atoms with E-state index in [1.54, 1.807) is 0 Å². The van der Waals surface area contributed by atoms with Gasteiger partial charge in [-0.1, -0.05) is 29.8 Å². The minimum Gasteiger partial charge on any atom is -0.376 e. The van der Waals surface area contributed by atoms with Gasteiger partial charge in [0.05, 0.1) is 6.10 Å². The first-order chi connectivity index (χ1) is 11.2. The fraction of sp³-hybridized carbons (Fsp3) is 0.588. The molecule has 0 saturated carbocycles. The number of nitrogens with zero attached hydrogens (tertiary/aromatic N) is 2. The maximum atomic E-state index is 6.25. The van der Waals surface area contributed by atoms with Crippen LogP contribution in [0, 0.1) is 0 Å². The van der Waals surface area contributed by atoms with Gasteiger partial charge in [-0.15, -0.1) is 0 Å². The predicted octanol–water partition coefficient (Wildman–Crippen LogP) is 2.51. The summed E-state index contributed by atoms with van der Waals surface area (Å²) in [6.45, 7) is 6.56. The van der Waals surface area contributed by atoms with Gasteiger partial charge in [0.25, 0.3) is 0 Å². The van der Waals surface area contributed by atoms with Gasteiger partial charge < -0.3 is 15.0 Å². The third-order valence-corrected chi connectivity index (χ3v) is 5.29. The van der Waals surface area contributed by atoms with Crippen LogP contribution in [0.4, 0.5) is 0 Å². The highest BCUT2D eigenvalue weighted by Gasteiger charge is 2.21. The molecule has 2 aliphatic rings. The molecule has 3 rings (SSSR count). The van der Waals surface area contributed by atoms with Crippen molar-refractivity contribution in [3.05, 3.63) is 34.9 Å². The topological polar surface area (TPSA) is 27.7 Å². The molecule has 1 atom stereocenters. The minimum atomic E-state index is 0.328. The fourth-order valence-electron chi connectivity index (χ4n) is 3.09. The van der Waals surface area contributed by atoms with E-state index in [1.165, 1.54) is 12.0 Å². The molecule has 0 unspecified atom stereocenters. The number of piperazine rings is 1. The summed E-state index contributed by atoms with van der Waals surface area (Å²) >= 11 is 11.8. The third-order valence-electron chi connectivity index (χ3n) is 4.52. The summed E-state index contributed by atoms with van der Waals surface area (Å²) in [5, 5.41) is 5.07. The van der Waals surface area contributed by atoms with Crippen LogP contribution in [0.2, 0.25) is 5.02 Å². The Labute approximate surface area is 148 Å². The molecule has 1 N–H and O–H groups in total. The van der Waals surface area contributed by atoms with Crippen LogP contribution in [-0.2, 0) is 11.3 Å². The van der Waals surface area contributed by atoms with Crippen molar-refractivity contribution in [2.45, 2.75) is 25.5 Å². The van der Waals surface area contributed by atoms with Crippen molar-refractivity contribution in [2.75, 3.05) is 39.3 Å². The van der Waals surface area contributed by atoms with Gasteiger partial charge in [0.15, 0.2) is 5.11 Å². The monoisotopic (exact) mass is 353 g/mol. The van der Waals surface area contributed by atoms with Crippen LogP contribution in [0.5, 0.6) is 0 Å². The van der Waals surface area contributed by atoms with Crippen LogP contribution in [0.3, 0.4) is 0 Å². The molecule has 0 radical (unpaired) electrons. The van der Waals surface area contributed by atoms with E-state index < -0.39 is 0 Å². The van der Waals surface area contributed by atoms with Gasteiger partial charge in [0.1, 0.15) is 0 Å². The Morgan fingerprint density at radius 3 is 2.74 bits per heavy atom. The largest absolute Gasteiger partial charge is 0.376 e. The summed E-state index contributed by atoms with van der Waals surface area (Å²) in [4.78, 5) is 4.69. The van der Waals surface area contributed by atoms with Gasteiger partial charge in [-0.3, -0.25) is 4.90 Å². The highest BCUT2D eigenvalue weighted by Crippen LogP contribution is 2.18. The molecule has 2 heterocycles. The summed E-state index contributed by atoms with van der Waals surface area (Å²) in [6.07, 6.45) is 2.63. The lowest BCUT2D eigenvalue weighted by molar-refractivity contribution is 0.112. The lowest BCUT2D eigenvalue weighted by atomic mass is 10.2. The number of thiocarbonyl (C=S) groups is 1. The van der Waals surface area contributed by atoms with Crippen LogP contribution in [-0.4, -0.2) is 60.3 Å². The summed E-state index contributed by atoms with van der Waals surface area (Å²) in [5.74, 6) is 0. The summed E-state index contributed by atoms with van der Waals surface area (Å²) in [5.41, 5.74) is 1.20. The number of hydrogen-bond acceptors (Lipinski definition) is 3. The van der Waals surface area contributed by atoms with Crippen LogP contribution >= 0.6 is 23.8 Å². The molecule has 4 nitrogen and oxygen atoms in total. The van der Waals surface area contributed by atoms with Crippen molar-refractivity contribution in [3.8, 4) is 0 Å². The normalized spacial score (nSPS) is 22.3. The highest BCUT2D eigenvalue weighted by molar-refractivity contribution is 7.80. The lowest BCUT2D eigenvalue weighted by Crippen LogP contribution is -2.52. The third kappa shape index (κ3) is 4.80. The molecule has 0 aromatic heterocycles. The van der Waals surface area contributed by atoms with Crippen LogP contribution < -0.4 is 5.32 Å². The van der Waals surface area contributed by atoms with Crippen molar-refractivity contribution in [1.82, 2.24) is 15.1 Å². The van der Waals surface area contributed by atoms with Crippen LogP contribution in [0.1, 0.15) is 18.4 Å². The van der Waals surface area contributed by atoms with Crippen LogP contribution in [0.15, 0.2) is 24.3 Å². The zero-order valence-corrected chi connectivity index (χ0v) is 14.9. The Balaban J connectivity index is 1.41. The number of ether oxygens (including phenoxy) is 1. The summed E-state index contributed by atoms with van der Waals surface area (Å²) in [6, 6.07) is 8.07. The number of benzene rings is 1. The fourth-order valence-corrected chi connectivity index (χ4v) is 3.56. The minimum absolute atomic E-state index is 0.328. The average Bonchev–Trinajstić information content (AvgIpc) is 3.09. The molecule has 126 valence electrons. The van der Waals surface area contributed by atoms with E-state index >= 15 is 0 Å². The molecule has 6 heteroatoms. The standard InChI is InChI=1S/C17H24ClN3OS/c18-16-6-2-1-4-14(16)13-20-7-9-21(10-8-20)17(23)19-12-15-5-3-11-22-15/h1-2,4,6,15H,3,5,7-13H2,(H,19,23)/t15-/m1/s1. The van der Waals surface area contributed by atoms with E-state index in [-0.39, 0.29) is 0 Å². The van der Waals surface area contributed by atoms with E-state index in [1.807, 2.05) is 18.2 Å².